The highest BCUT2D eigenvalue weighted by atomic mass is 35.5. The molecule has 1 fully saturated rings. The Kier molecular flexibility index (Phi) is 6.15. The standard InChI is InChI=1S/C21H19ClFN5O4/c1-13-17(23)10-15(11-18(13)28(30)31)21(29)27-8-6-26(7-9-27)12-19-24-20(25-32-19)14-2-4-16(22)5-3-14/h2-5,10-11H,6-9,12H2,1H3. The molecule has 0 aliphatic carbocycles. The van der Waals surface area contributed by atoms with Crippen LogP contribution in [-0.2, 0) is 6.54 Å². The van der Waals surface area contributed by atoms with E-state index in [0.717, 1.165) is 17.7 Å². The molecule has 0 radical (unpaired) electrons. The minimum Gasteiger partial charge on any atom is -0.338 e. The molecule has 4 rings (SSSR count). The molecule has 1 aromatic heterocycles. The second-order valence-corrected chi connectivity index (χ2v) is 7.88. The maximum Gasteiger partial charge on any atom is 0.276 e. The van der Waals surface area contributed by atoms with Gasteiger partial charge in [0.15, 0.2) is 0 Å². The van der Waals surface area contributed by atoms with Crippen molar-refractivity contribution in [2.75, 3.05) is 26.2 Å². The molecule has 0 atom stereocenters. The van der Waals surface area contributed by atoms with Gasteiger partial charge in [0, 0.05) is 48.4 Å². The summed E-state index contributed by atoms with van der Waals surface area (Å²) in [5, 5.41) is 15.7. The Morgan fingerprint density at radius 2 is 1.91 bits per heavy atom. The molecule has 32 heavy (non-hydrogen) atoms. The molecular weight excluding hydrogens is 441 g/mol. The fourth-order valence-electron chi connectivity index (χ4n) is 3.50. The summed E-state index contributed by atoms with van der Waals surface area (Å²) in [6, 6.07) is 9.28. The van der Waals surface area contributed by atoms with Crippen LogP contribution in [0.5, 0.6) is 0 Å². The number of hydrogen-bond acceptors (Lipinski definition) is 7. The molecule has 2 heterocycles. The summed E-state index contributed by atoms with van der Waals surface area (Å²) in [6.07, 6.45) is 0. The molecule has 0 spiro atoms. The summed E-state index contributed by atoms with van der Waals surface area (Å²) in [7, 11) is 0. The van der Waals surface area contributed by atoms with Crippen LogP contribution in [0.1, 0.15) is 21.8 Å². The van der Waals surface area contributed by atoms with Gasteiger partial charge in [-0.1, -0.05) is 16.8 Å². The van der Waals surface area contributed by atoms with Crippen molar-refractivity contribution < 1.29 is 18.6 Å². The smallest absolute Gasteiger partial charge is 0.276 e. The summed E-state index contributed by atoms with van der Waals surface area (Å²) >= 11 is 5.90. The van der Waals surface area contributed by atoms with E-state index in [9.17, 15) is 19.3 Å². The highest BCUT2D eigenvalue weighted by Gasteiger charge is 2.26. The molecule has 3 aromatic rings. The van der Waals surface area contributed by atoms with Gasteiger partial charge in [0.2, 0.25) is 11.7 Å². The predicted molar refractivity (Wildman–Crippen MR) is 114 cm³/mol. The molecule has 0 saturated carbocycles. The van der Waals surface area contributed by atoms with Crippen LogP contribution in [0, 0.1) is 22.9 Å². The average Bonchev–Trinajstić information content (AvgIpc) is 3.24. The Bertz CT molecular complexity index is 1160. The molecular formula is C21H19ClFN5O4. The maximum atomic E-state index is 14.1. The third-order valence-corrected chi connectivity index (χ3v) is 5.60. The lowest BCUT2D eigenvalue weighted by Crippen LogP contribution is -2.48. The minimum atomic E-state index is -0.769. The molecule has 1 amide bonds. The lowest BCUT2D eigenvalue weighted by molar-refractivity contribution is -0.385. The van der Waals surface area contributed by atoms with Crippen LogP contribution in [-0.4, -0.2) is 56.9 Å². The molecule has 11 heteroatoms. The van der Waals surface area contributed by atoms with E-state index in [1.54, 1.807) is 29.2 Å². The van der Waals surface area contributed by atoms with Crippen molar-refractivity contribution >= 4 is 23.2 Å². The van der Waals surface area contributed by atoms with Crippen molar-refractivity contribution in [3.63, 3.8) is 0 Å². The summed E-state index contributed by atoms with van der Waals surface area (Å²) in [6.45, 7) is 3.60. The van der Waals surface area contributed by atoms with E-state index < -0.39 is 22.3 Å². The number of carbonyl (C=O) groups is 1. The van der Waals surface area contributed by atoms with Gasteiger partial charge >= 0.3 is 0 Å². The second kappa shape index (κ2) is 9.01. The summed E-state index contributed by atoms with van der Waals surface area (Å²) in [5.74, 6) is -0.289. The van der Waals surface area contributed by atoms with Crippen molar-refractivity contribution in [3.05, 3.63) is 74.4 Å². The van der Waals surface area contributed by atoms with E-state index >= 15 is 0 Å². The fraction of sp³-hybridized carbons (Fsp3) is 0.286. The molecule has 166 valence electrons. The van der Waals surface area contributed by atoms with Crippen LogP contribution in [0.2, 0.25) is 5.02 Å². The first-order valence-corrected chi connectivity index (χ1v) is 10.2. The number of nitro benzene ring substituents is 1. The van der Waals surface area contributed by atoms with Crippen LogP contribution in [0.4, 0.5) is 10.1 Å². The number of carbonyl (C=O) groups excluding carboxylic acids is 1. The fourth-order valence-corrected chi connectivity index (χ4v) is 3.62. The summed E-state index contributed by atoms with van der Waals surface area (Å²) < 4.78 is 19.4. The number of hydrogen-bond donors (Lipinski definition) is 0. The molecule has 0 bridgehead atoms. The Morgan fingerprint density at radius 1 is 1.22 bits per heavy atom. The Hall–Kier alpha value is -3.37. The van der Waals surface area contributed by atoms with Gasteiger partial charge < -0.3 is 9.42 Å². The lowest BCUT2D eigenvalue weighted by Gasteiger charge is -2.34. The van der Waals surface area contributed by atoms with Crippen LogP contribution in [0.3, 0.4) is 0 Å². The zero-order valence-corrected chi connectivity index (χ0v) is 17.9. The highest BCUT2D eigenvalue weighted by Crippen LogP contribution is 2.24. The van der Waals surface area contributed by atoms with E-state index in [-0.39, 0.29) is 11.1 Å². The number of nitro groups is 1. The Labute approximate surface area is 187 Å². The van der Waals surface area contributed by atoms with Crippen LogP contribution < -0.4 is 0 Å². The second-order valence-electron chi connectivity index (χ2n) is 7.45. The van der Waals surface area contributed by atoms with Crippen LogP contribution >= 0.6 is 11.6 Å². The van der Waals surface area contributed by atoms with E-state index in [2.05, 4.69) is 15.0 Å². The molecule has 2 aromatic carbocycles. The van der Waals surface area contributed by atoms with Gasteiger partial charge in [-0.3, -0.25) is 19.8 Å². The average molecular weight is 460 g/mol. The zero-order chi connectivity index (χ0) is 22.8. The van der Waals surface area contributed by atoms with Gasteiger partial charge in [-0.2, -0.15) is 4.98 Å². The van der Waals surface area contributed by atoms with Gasteiger partial charge in [0.25, 0.3) is 11.6 Å². The quantitative estimate of drug-likeness (QED) is 0.423. The SMILES string of the molecule is Cc1c(F)cc(C(=O)N2CCN(Cc3nc(-c4ccc(Cl)cc4)no3)CC2)cc1[N+](=O)[O-]. The molecule has 9 nitrogen and oxygen atoms in total. The number of piperazine rings is 1. The van der Waals surface area contributed by atoms with Gasteiger partial charge in [0.1, 0.15) is 5.82 Å². The molecule has 1 saturated heterocycles. The first-order valence-electron chi connectivity index (χ1n) is 9.86. The number of rotatable bonds is 5. The van der Waals surface area contributed by atoms with Crippen molar-refractivity contribution in [3.8, 4) is 11.4 Å². The summed E-state index contributed by atoms with van der Waals surface area (Å²) in [5.41, 5.74) is 0.269. The number of amides is 1. The van der Waals surface area contributed by atoms with E-state index in [1.807, 2.05) is 0 Å². The molecule has 1 aliphatic rings. The lowest BCUT2D eigenvalue weighted by atomic mass is 10.1. The monoisotopic (exact) mass is 459 g/mol. The van der Waals surface area contributed by atoms with Gasteiger partial charge in [0.05, 0.1) is 17.0 Å². The summed E-state index contributed by atoms with van der Waals surface area (Å²) in [4.78, 5) is 31.2. The van der Waals surface area contributed by atoms with Crippen LogP contribution in [0.25, 0.3) is 11.4 Å². The zero-order valence-electron chi connectivity index (χ0n) is 17.1. The van der Waals surface area contributed by atoms with E-state index in [1.165, 1.54) is 6.92 Å². The Morgan fingerprint density at radius 3 is 2.56 bits per heavy atom. The normalized spacial score (nSPS) is 14.5. The predicted octanol–water partition coefficient (Wildman–Crippen LogP) is 3.70. The maximum absolute atomic E-state index is 14.1. The highest BCUT2D eigenvalue weighted by molar-refractivity contribution is 6.30. The van der Waals surface area contributed by atoms with Crippen LogP contribution in [0.15, 0.2) is 40.9 Å². The van der Waals surface area contributed by atoms with Gasteiger partial charge in [-0.05, 0) is 37.3 Å². The van der Waals surface area contributed by atoms with Gasteiger partial charge in [-0.25, -0.2) is 4.39 Å². The molecule has 0 N–H and O–H groups in total. The minimum absolute atomic E-state index is 0.0299. The van der Waals surface area contributed by atoms with Crippen molar-refractivity contribution in [2.24, 2.45) is 0 Å². The van der Waals surface area contributed by atoms with E-state index in [4.69, 9.17) is 16.1 Å². The Balaban J connectivity index is 1.37. The van der Waals surface area contributed by atoms with Gasteiger partial charge in [-0.15, -0.1) is 0 Å². The first kappa shape index (κ1) is 21.8. The number of benzene rings is 2. The van der Waals surface area contributed by atoms with Crippen molar-refractivity contribution in [1.29, 1.82) is 0 Å². The number of nitrogens with zero attached hydrogens (tertiary/aromatic N) is 5. The molecule has 1 aliphatic heterocycles. The largest absolute Gasteiger partial charge is 0.338 e. The van der Waals surface area contributed by atoms with Crippen molar-refractivity contribution in [1.82, 2.24) is 19.9 Å². The number of halogens is 2. The third-order valence-electron chi connectivity index (χ3n) is 5.35. The topological polar surface area (TPSA) is 106 Å². The molecule has 0 unspecified atom stereocenters. The first-order chi connectivity index (χ1) is 15.3. The number of aromatic nitrogens is 2. The van der Waals surface area contributed by atoms with Crippen molar-refractivity contribution in [2.45, 2.75) is 13.5 Å². The third kappa shape index (κ3) is 4.61. The van der Waals surface area contributed by atoms with E-state index in [0.29, 0.717) is 49.5 Å².